The zero-order chi connectivity index (χ0) is 11.4. The highest BCUT2D eigenvalue weighted by atomic mass is 16.5. The number of benzene rings is 1. The van der Waals surface area contributed by atoms with Gasteiger partial charge in [0.05, 0.1) is 18.5 Å². The molecular weight excluding hydrogens is 202 g/mol. The quantitative estimate of drug-likeness (QED) is 0.822. The topological polar surface area (TPSA) is 63.9 Å². The Kier molecular flexibility index (Phi) is 3.22. The molecule has 0 aliphatic rings. The number of aromatic nitrogens is 2. The molecule has 4 nitrogen and oxygen atoms in total. The van der Waals surface area contributed by atoms with Gasteiger partial charge in [-0.1, -0.05) is 12.1 Å². The van der Waals surface area contributed by atoms with Crippen molar-refractivity contribution >= 4 is 0 Å². The highest BCUT2D eigenvalue weighted by Gasteiger charge is 2.10. The van der Waals surface area contributed by atoms with Crippen LogP contribution in [0.5, 0.6) is 5.75 Å². The molecular formula is C12H15N3O. The van der Waals surface area contributed by atoms with Gasteiger partial charge in [-0.2, -0.15) is 5.10 Å². The normalized spacial score (nSPS) is 10.4. The third kappa shape index (κ3) is 1.92. The van der Waals surface area contributed by atoms with Gasteiger partial charge in [0.1, 0.15) is 5.75 Å². The standard InChI is InChI=1S/C12H15N3O/c1-2-16-11-6-4-3-5-10(11)12-9(7-13)8-14-15-12/h3-6,8H,2,7,13H2,1H3,(H,14,15). The van der Waals surface area contributed by atoms with Gasteiger partial charge < -0.3 is 10.5 Å². The molecule has 3 N–H and O–H groups in total. The number of nitrogens with one attached hydrogen (secondary N) is 1. The van der Waals surface area contributed by atoms with Crippen LogP contribution in [-0.4, -0.2) is 16.8 Å². The van der Waals surface area contributed by atoms with Crippen molar-refractivity contribution in [2.75, 3.05) is 6.61 Å². The lowest BCUT2D eigenvalue weighted by Crippen LogP contribution is -1.99. The molecule has 1 heterocycles. The van der Waals surface area contributed by atoms with Crippen molar-refractivity contribution < 1.29 is 4.74 Å². The average molecular weight is 217 g/mol. The molecule has 0 radical (unpaired) electrons. The van der Waals surface area contributed by atoms with Crippen LogP contribution in [-0.2, 0) is 6.54 Å². The van der Waals surface area contributed by atoms with Crippen molar-refractivity contribution in [3.63, 3.8) is 0 Å². The van der Waals surface area contributed by atoms with E-state index < -0.39 is 0 Å². The first-order valence-corrected chi connectivity index (χ1v) is 5.31. The zero-order valence-electron chi connectivity index (χ0n) is 9.23. The lowest BCUT2D eigenvalue weighted by molar-refractivity contribution is 0.341. The second-order valence-corrected chi connectivity index (χ2v) is 3.40. The number of H-pyrrole nitrogens is 1. The molecule has 0 aliphatic heterocycles. The Hall–Kier alpha value is -1.81. The van der Waals surface area contributed by atoms with Crippen molar-refractivity contribution in [3.8, 4) is 17.0 Å². The predicted molar refractivity (Wildman–Crippen MR) is 63.1 cm³/mol. The first-order valence-electron chi connectivity index (χ1n) is 5.31. The van der Waals surface area contributed by atoms with E-state index in [0.29, 0.717) is 13.2 Å². The number of nitrogens with two attached hydrogens (primary N) is 1. The molecule has 0 saturated carbocycles. The second-order valence-electron chi connectivity index (χ2n) is 3.40. The maximum absolute atomic E-state index is 5.66. The fraction of sp³-hybridized carbons (Fsp3) is 0.250. The molecule has 0 saturated heterocycles. The van der Waals surface area contributed by atoms with E-state index in [2.05, 4.69) is 10.2 Å². The minimum atomic E-state index is 0.465. The fourth-order valence-corrected chi connectivity index (χ4v) is 1.65. The summed E-state index contributed by atoms with van der Waals surface area (Å²) < 4.78 is 5.57. The van der Waals surface area contributed by atoms with Crippen LogP contribution in [0.15, 0.2) is 30.5 Å². The Balaban J connectivity index is 2.46. The van der Waals surface area contributed by atoms with Gasteiger partial charge in [-0.3, -0.25) is 5.10 Å². The number of aromatic amines is 1. The molecule has 4 heteroatoms. The summed E-state index contributed by atoms with van der Waals surface area (Å²) in [6.07, 6.45) is 1.75. The van der Waals surface area contributed by atoms with Gasteiger partial charge >= 0.3 is 0 Å². The minimum absolute atomic E-state index is 0.465. The molecule has 1 aromatic carbocycles. The Morgan fingerprint density at radius 3 is 2.94 bits per heavy atom. The van der Waals surface area contributed by atoms with E-state index in [9.17, 15) is 0 Å². The third-order valence-electron chi connectivity index (χ3n) is 2.39. The van der Waals surface area contributed by atoms with E-state index in [1.165, 1.54) is 0 Å². The molecule has 0 fully saturated rings. The van der Waals surface area contributed by atoms with Crippen molar-refractivity contribution in [3.05, 3.63) is 36.0 Å². The van der Waals surface area contributed by atoms with Crippen molar-refractivity contribution in [2.45, 2.75) is 13.5 Å². The summed E-state index contributed by atoms with van der Waals surface area (Å²) in [5.41, 5.74) is 8.59. The zero-order valence-corrected chi connectivity index (χ0v) is 9.23. The number of rotatable bonds is 4. The maximum atomic E-state index is 5.66. The molecule has 0 unspecified atom stereocenters. The summed E-state index contributed by atoms with van der Waals surface area (Å²) >= 11 is 0. The summed E-state index contributed by atoms with van der Waals surface area (Å²) in [4.78, 5) is 0. The van der Waals surface area contributed by atoms with E-state index in [1.807, 2.05) is 31.2 Å². The molecule has 0 atom stereocenters. The van der Waals surface area contributed by atoms with Gasteiger partial charge in [0.15, 0.2) is 0 Å². The van der Waals surface area contributed by atoms with Crippen molar-refractivity contribution in [2.24, 2.45) is 5.73 Å². The number of para-hydroxylation sites is 1. The van der Waals surface area contributed by atoms with Gasteiger partial charge in [-0.25, -0.2) is 0 Å². The number of ether oxygens (including phenoxy) is 1. The van der Waals surface area contributed by atoms with E-state index >= 15 is 0 Å². The van der Waals surface area contributed by atoms with Gasteiger partial charge in [0.2, 0.25) is 0 Å². The average Bonchev–Trinajstić information content (AvgIpc) is 2.78. The van der Waals surface area contributed by atoms with Gasteiger partial charge in [-0.15, -0.1) is 0 Å². The number of hydrogen-bond donors (Lipinski definition) is 2. The minimum Gasteiger partial charge on any atom is -0.493 e. The van der Waals surface area contributed by atoms with Crippen LogP contribution in [0.3, 0.4) is 0 Å². The molecule has 0 aliphatic carbocycles. The molecule has 1 aromatic heterocycles. The van der Waals surface area contributed by atoms with Gasteiger partial charge in [-0.05, 0) is 19.1 Å². The van der Waals surface area contributed by atoms with Crippen LogP contribution in [0.2, 0.25) is 0 Å². The Morgan fingerprint density at radius 1 is 1.38 bits per heavy atom. The summed E-state index contributed by atoms with van der Waals surface area (Å²) in [5.74, 6) is 0.851. The van der Waals surface area contributed by atoms with Gasteiger partial charge in [0, 0.05) is 17.7 Å². The fourth-order valence-electron chi connectivity index (χ4n) is 1.65. The first-order chi connectivity index (χ1) is 7.86. The predicted octanol–water partition coefficient (Wildman–Crippen LogP) is 1.93. The van der Waals surface area contributed by atoms with Crippen LogP contribution in [0.25, 0.3) is 11.3 Å². The molecule has 84 valence electrons. The Morgan fingerprint density at radius 2 is 2.19 bits per heavy atom. The van der Waals surface area contributed by atoms with Crippen LogP contribution < -0.4 is 10.5 Å². The largest absolute Gasteiger partial charge is 0.493 e. The SMILES string of the molecule is CCOc1ccccc1-c1[nH]ncc1CN. The van der Waals surface area contributed by atoms with Crippen molar-refractivity contribution in [1.82, 2.24) is 10.2 Å². The Labute approximate surface area is 94.4 Å². The smallest absolute Gasteiger partial charge is 0.128 e. The summed E-state index contributed by atoms with van der Waals surface area (Å²) in [6, 6.07) is 7.86. The first kappa shape index (κ1) is 10.7. The summed E-state index contributed by atoms with van der Waals surface area (Å²) in [6.45, 7) is 3.07. The molecule has 2 aromatic rings. The van der Waals surface area contributed by atoms with Gasteiger partial charge in [0.25, 0.3) is 0 Å². The summed E-state index contributed by atoms with van der Waals surface area (Å²) in [7, 11) is 0. The van der Waals surface area contributed by atoms with E-state index in [-0.39, 0.29) is 0 Å². The highest BCUT2D eigenvalue weighted by Crippen LogP contribution is 2.30. The molecule has 2 rings (SSSR count). The second kappa shape index (κ2) is 4.81. The Bertz CT molecular complexity index is 465. The van der Waals surface area contributed by atoms with E-state index in [0.717, 1.165) is 22.6 Å². The molecule has 16 heavy (non-hydrogen) atoms. The number of hydrogen-bond acceptors (Lipinski definition) is 3. The molecule has 0 amide bonds. The third-order valence-corrected chi connectivity index (χ3v) is 2.39. The van der Waals surface area contributed by atoms with Crippen LogP contribution >= 0.6 is 0 Å². The molecule has 0 bridgehead atoms. The van der Waals surface area contributed by atoms with Crippen molar-refractivity contribution in [1.29, 1.82) is 0 Å². The molecule has 0 spiro atoms. The van der Waals surface area contributed by atoms with Crippen LogP contribution in [0.1, 0.15) is 12.5 Å². The van der Waals surface area contributed by atoms with Crippen LogP contribution in [0, 0.1) is 0 Å². The summed E-state index contributed by atoms with van der Waals surface area (Å²) in [5, 5.41) is 6.97. The highest BCUT2D eigenvalue weighted by molar-refractivity contribution is 5.69. The lowest BCUT2D eigenvalue weighted by atomic mass is 10.1. The maximum Gasteiger partial charge on any atom is 0.128 e. The van der Waals surface area contributed by atoms with E-state index in [1.54, 1.807) is 6.20 Å². The van der Waals surface area contributed by atoms with E-state index in [4.69, 9.17) is 10.5 Å². The number of nitrogens with zero attached hydrogens (tertiary/aromatic N) is 1. The van der Waals surface area contributed by atoms with Crippen LogP contribution in [0.4, 0.5) is 0 Å². The monoisotopic (exact) mass is 217 g/mol. The lowest BCUT2D eigenvalue weighted by Gasteiger charge is -2.09.